The summed E-state index contributed by atoms with van der Waals surface area (Å²) in [5, 5.41) is 28.6. The van der Waals surface area contributed by atoms with Gasteiger partial charge in [0.1, 0.15) is 47.5 Å². The summed E-state index contributed by atoms with van der Waals surface area (Å²) in [6.45, 7) is 5.79. The number of anilines is 1. The molecule has 12 rings (SSSR count). The first kappa shape index (κ1) is 67.8. The molecule has 2 saturated heterocycles. The van der Waals surface area contributed by atoms with Gasteiger partial charge in [-0.2, -0.15) is 34.4 Å². The molecule has 0 bridgehead atoms. The molecule has 2 aromatic carbocycles. The predicted octanol–water partition coefficient (Wildman–Crippen LogP) is -0.906. The SMILES string of the molecule is CF.C[C@@H]1CC[C@@H](N)CN1C(=O)c1ccccc1-n1nccn1.C[C@@H]1CC[C@@H](Nc2nccc3c2C(=O)OC3)CN1C(=O)c1ccccc1-n1nccn1.O=C1OCc2ccnc(Cl)c21.O=C1OCc2ccnc(F)c21.O=CO[O-].[Cs+].[Cs+].[H-]. The van der Waals surface area contributed by atoms with Crippen LogP contribution in [0.1, 0.15) is 109 Å². The Morgan fingerprint density at radius 2 is 1.09 bits per heavy atom. The largest absolute Gasteiger partial charge is 1.00 e. The van der Waals surface area contributed by atoms with Gasteiger partial charge in [0.05, 0.1) is 54.5 Å². The summed E-state index contributed by atoms with van der Waals surface area (Å²) in [5.41, 5.74) is 11.6. The molecule has 82 heavy (non-hydrogen) atoms. The van der Waals surface area contributed by atoms with Gasteiger partial charge in [0.2, 0.25) is 5.95 Å². The van der Waals surface area contributed by atoms with Crippen LogP contribution in [-0.2, 0) is 43.7 Å². The van der Waals surface area contributed by atoms with Gasteiger partial charge in [0.15, 0.2) is 0 Å². The van der Waals surface area contributed by atoms with Crippen LogP contribution in [0.25, 0.3) is 11.4 Å². The predicted molar refractivity (Wildman–Crippen MR) is 278 cm³/mol. The molecule has 2 amide bonds. The Labute approximate surface area is 592 Å². The van der Waals surface area contributed by atoms with Gasteiger partial charge in [-0.05, 0) is 82.0 Å². The zero-order valence-corrected chi connectivity index (χ0v) is 58.6. The van der Waals surface area contributed by atoms with E-state index in [-0.39, 0.29) is 218 Å². The minimum Gasteiger partial charge on any atom is -1.00 e. The number of ether oxygens (including phenoxy) is 3. The Morgan fingerprint density at radius 3 is 1.59 bits per heavy atom. The smallest absolute Gasteiger partial charge is 1.00 e. The number of nitrogens with one attached hydrogen (secondary N) is 1. The van der Waals surface area contributed by atoms with Crippen LogP contribution in [0.5, 0.6) is 0 Å². The molecule has 0 unspecified atom stereocenters. The van der Waals surface area contributed by atoms with E-state index in [0.717, 1.165) is 36.8 Å². The number of fused-ring (bicyclic) bond motifs is 3. The van der Waals surface area contributed by atoms with Gasteiger partial charge < -0.3 is 46.6 Å². The summed E-state index contributed by atoms with van der Waals surface area (Å²) >= 11 is 5.65. The Hall–Kier alpha value is -5.04. The van der Waals surface area contributed by atoms with Crippen LogP contribution in [0.15, 0.2) is 110 Å². The Bertz CT molecular complexity index is 3240. The summed E-state index contributed by atoms with van der Waals surface area (Å²) in [6, 6.07) is 20.1. The quantitative estimate of drug-likeness (QED) is 0.0488. The molecular formula is C53H54ClCs2F2N13O11. The number of esters is 3. The summed E-state index contributed by atoms with van der Waals surface area (Å²) in [7, 11) is 0.500. The van der Waals surface area contributed by atoms with Crippen molar-refractivity contribution in [2.24, 2.45) is 5.73 Å². The van der Waals surface area contributed by atoms with Crippen molar-refractivity contribution >= 4 is 53.6 Å². The third kappa shape index (κ3) is 17.1. The zero-order chi connectivity index (χ0) is 57.3. The number of carbonyl (C=O) groups is 6. The molecule has 0 radical (unpaired) electrons. The van der Waals surface area contributed by atoms with Gasteiger partial charge in [0, 0.05) is 72.5 Å². The maximum absolute atomic E-state index is 13.5. The second-order valence-corrected chi connectivity index (χ2v) is 18.3. The van der Waals surface area contributed by atoms with E-state index in [1.807, 2.05) is 52.3 Å². The molecular weight excluding hydrogens is 1330 g/mol. The zero-order valence-electron chi connectivity index (χ0n) is 46.3. The molecule has 29 heteroatoms. The molecule has 0 aliphatic carbocycles. The number of amides is 2. The van der Waals surface area contributed by atoms with E-state index in [0.29, 0.717) is 71.9 Å². The summed E-state index contributed by atoms with van der Waals surface area (Å²) in [6.07, 6.45) is 14.5. The number of aromatic nitrogens is 9. The molecule has 0 spiro atoms. The molecule has 7 aromatic rings. The van der Waals surface area contributed by atoms with Crippen LogP contribution >= 0.6 is 11.6 Å². The fourth-order valence-corrected chi connectivity index (χ4v) is 9.24. The molecule has 10 heterocycles. The Morgan fingerprint density at radius 1 is 0.659 bits per heavy atom. The second kappa shape index (κ2) is 33.5. The number of piperidine rings is 2. The van der Waals surface area contributed by atoms with Crippen molar-refractivity contribution < 1.29 is 201 Å². The third-order valence-electron chi connectivity index (χ3n) is 12.9. The molecule has 420 valence electrons. The first-order chi connectivity index (χ1) is 38.8. The topological polar surface area (TPSA) is 307 Å². The van der Waals surface area contributed by atoms with Crippen molar-refractivity contribution in [3.05, 3.63) is 166 Å². The Kier molecular flexibility index (Phi) is 27.6. The molecule has 5 aliphatic rings. The van der Waals surface area contributed by atoms with E-state index in [1.165, 1.54) is 15.8 Å². The van der Waals surface area contributed by atoms with Crippen molar-refractivity contribution in [3.63, 3.8) is 0 Å². The molecule has 5 aliphatic heterocycles. The van der Waals surface area contributed by atoms with Crippen LogP contribution in [0.2, 0.25) is 5.15 Å². The number of nitrogens with two attached hydrogens (primary N) is 1. The summed E-state index contributed by atoms with van der Waals surface area (Å²) in [5.74, 6) is -1.66. The van der Waals surface area contributed by atoms with Crippen molar-refractivity contribution in [2.75, 3.05) is 25.6 Å². The van der Waals surface area contributed by atoms with E-state index in [1.54, 1.807) is 61.4 Å². The molecule has 4 atom stereocenters. The van der Waals surface area contributed by atoms with Crippen molar-refractivity contribution in [2.45, 2.75) is 83.5 Å². The van der Waals surface area contributed by atoms with E-state index in [9.17, 15) is 32.8 Å². The first-order valence-corrected chi connectivity index (χ1v) is 25.1. The van der Waals surface area contributed by atoms with Crippen LogP contribution in [0.4, 0.5) is 14.6 Å². The summed E-state index contributed by atoms with van der Waals surface area (Å²) in [4.78, 5) is 89.6. The second-order valence-electron chi connectivity index (χ2n) is 17.9. The number of carbonyl (C=O) groups excluding carboxylic acids is 6. The number of cyclic esters (lactones) is 3. The van der Waals surface area contributed by atoms with Gasteiger partial charge in [-0.3, -0.25) is 18.8 Å². The number of pyridine rings is 3. The van der Waals surface area contributed by atoms with E-state index in [4.69, 9.17) is 36.9 Å². The average Bonchev–Trinajstić information content (AvgIpc) is 4.46. The molecule has 3 N–H and O–H groups in total. The monoisotopic (exact) mass is 1390 g/mol. The van der Waals surface area contributed by atoms with Gasteiger partial charge in [-0.25, -0.2) is 29.3 Å². The molecule has 5 aromatic heterocycles. The van der Waals surface area contributed by atoms with Crippen LogP contribution in [0, 0.1) is 5.95 Å². The van der Waals surface area contributed by atoms with Gasteiger partial charge in [-0.1, -0.05) is 35.9 Å². The normalized spacial score (nSPS) is 17.6. The Balaban J connectivity index is 0.000000246. The third-order valence-corrected chi connectivity index (χ3v) is 13.2. The number of nitrogens with zero attached hydrogens (tertiary/aromatic N) is 11. The van der Waals surface area contributed by atoms with Crippen LogP contribution in [0.3, 0.4) is 0 Å². The number of benzene rings is 2. The number of halogens is 3. The average molecular weight is 1390 g/mol. The van der Waals surface area contributed by atoms with Crippen LogP contribution < -0.4 is 154 Å². The maximum atomic E-state index is 13.5. The number of hydrogen-bond donors (Lipinski definition) is 2. The minimum absolute atomic E-state index is 0. The number of likely N-dealkylation sites (tertiary alicyclic amines) is 2. The van der Waals surface area contributed by atoms with Crippen LogP contribution in [-0.4, -0.2) is 135 Å². The van der Waals surface area contributed by atoms with Gasteiger partial charge >= 0.3 is 156 Å². The number of para-hydroxylation sites is 2. The fourth-order valence-electron chi connectivity index (χ4n) is 8.99. The maximum Gasteiger partial charge on any atom is 1.00 e. The van der Waals surface area contributed by atoms with Crippen molar-refractivity contribution in [3.8, 4) is 11.4 Å². The van der Waals surface area contributed by atoms with Gasteiger partial charge in [-0.15, -0.1) is 0 Å². The molecule has 24 nitrogen and oxygen atoms in total. The first-order valence-electron chi connectivity index (χ1n) is 24.7. The fraction of sp³-hybridized carbons (Fsp3) is 0.302. The molecule has 2 fully saturated rings. The molecule has 0 saturated carbocycles. The number of alkyl halides is 1. The standard InChI is InChI=1S/C22H22N6O3.C15H19N5O.C7H4ClNO2.C7H4FNO2.CH3F.CH2O3.2Cs.H/c1-14-6-7-16(26-20-19-15(8-9-23-20)13-31-22(19)30)12-27(14)21(29)17-4-2-3-5-18(17)28-24-10-11-25-28;1-11-6-7-12(16)10-19(11)15(21)13-4-2-3-5-14(13)20-17-8-9-18-20;2*8-6-5-4(1-2-9-6)3-11-7(5)10;1-2;2-1-4-3;;;/h2-5,8-11,14,16H,6-7,12-13H2,1H3,(H,23,26);2-5,8-9,11-12H,6-7,10,16H2,1H3;2*1-2H,3H2;1H3;1,3H;;;/q;;;;;;2*+1;-1/p-1/t14-,16-;11-,12-;;;;;;;/m11......./s1. The van der Waals surface area contributed by atoms with E-state index >= 15 is 0 Å². The van der Waals surface area contributed by atoms with Gasteiger partial charge in [0.25, 0.3) is 18.3 Å². The number of rotatable bonds is 7. The minimum atomic E-state index is -0.745. The summed E-state index contributed by atoms with van der Waals surface area (Å²) < 4.78 is 36.7. The van der Waals surface area contributed by atoms with Crippen molar-refractivity contribution in [1.82, 2.24) is 54.7 Å². The van der Waals surface area contributed by atoms with E-state index < -0.39 is 11.9 Å². The van der Waals surface area contributed by atoms with E-state index in [2.05, 4.69) is 64.1 Å². The van der Waals surface area contributed by atoms with Crippen molar-refractivity contribution in [1.29, 1.82) is 0 Å². The number of hydrogen-bond acceptors (Lipinski definition) is 20.